The minimum Gasteiger partial charge on any atom is -0.349 e. The van der Waals surface area contributed by atoms with Crippen LogP contribution < -0.4 is 5.32 Å². The van der Waals surface area contributed by atoms with Gasteiger partial charge in [0.1, 0.15) is 0 Å². The standard InChI is InChI=1S/C11H15N7/c1-7(2)11(3-4-11)14-10-12-5-8(6-13-10)9-15-17-18-16-9/h5-7H,3-4H2,1-2H3,(H,12,13,14)(H,15,16,17,18). The lowest BCUT2D eigenvalue weighted by Crippen LogP contribution is -2.28. The Bertz CT molecular complexity index is 513. The zero-order valence-electron chi connectivity index (χ0n) is 10.4. The lowest BCUT2D eigenvalue weighted by atomic mass is 10.0. The molecule has 0 amide bonds. The zero-order chi connectivity index (χ0) is 12.6. The van der Waals surface area contributed by atoms with Crippen LogP contribution in [0.25, 0.3) is 11.4 Å². The smallest absolute Gasteiger partial charge is 0.223 e. The van der Waals surface area contributed by atoms with Gasteiger partial charge in [-0.2, -0.15) is 5.21 Å². The third-order valence-corrected chi connectivity index (χ3v) is 3.51. The number of rotatable bonds is 4. The average Bonchev–Trinajstić information content (AvgIpc) is 2.95. The molecule has 0 bridgehead atoms. The first-order valence-corrected chi connectivity index (χ1v) is 6.04. The van der Waals surface area contributed by atoms with Gasteiger partial charge in [0.2, 0.25) is 11.8 Å². The van der Waals surface area contributed by atoms with Gasteiger partial charge in [0.15, 0.2) is 0 Å². The Morgan fingerprint density at radius 2 is 2.00 bits per heavy atom. The molecule has 18 heavy (non-hydrogen) atoms. The average molecular weight is 245 g/mol. The predicted molar refractivity (Wildman–Crippen MR) is 65.6 cm³/mol. The number of nitrogens with one attached hydrogen (secondary N) is 2. The van der Waals surface area contributed by atoms with Crippen LogP contribution in [0.2, 0.25) is 0 Å². The zero-order valence-corrected chi connectivity index (χ0v) is 10.4. The maximum absolute atomic E-state index is 4.30. The van der Waals surface area contributed by atoms with Gasteiger partial charge < -0.3 is 5.32 Å². The quantitative estimate of drug-likeness (QED) is 0.842. The number of hydrogen-bond donors (Lipinski definition) is 2. The van der Waals surface area contributed by atoms with Crippen molar-refractivity contribution in [2.45, 2.75) is 32.2 Å². The Morgan fingerprint density at radius 1 is 1.28 bits per heavy atom. The summed E-state index contributed by atoms with van der Waals surface area (Å²) in [6.45, 7) is 4.43. The summed E-state index contributed by atoms with van der Waals surface area (Å²) in [6, 6.07) is 0. The monoisotopic (exact) mass is 245 g/mol. The van der Waals surface area contributed by atoms with E-state index in [2.05, 4.69) is 49.8 Å². The van der Waals surface area contributed by atoms with Crippen molar-refractivity contribution >= 4 is 5.95 Å². The Hall–Kier alpha value is -2.05. The highest BCUT2D eigenvalue weighted by atomic mass is 15.5. The van der Waals surface area contributed by atoms with E-state index in [0.29, 0.717) is 17.7 Å². The van der Waals surface area contributed by atoms with Gasteiger partial charge in [-0.1, -0.05) is 13.8 Å². The van der Waals surface area contributed by atoms with Crippen molar-refractivity contribution in [2.75, 3.05) is 5.32 Å². The highest BCUT2D eigenvalue weighted by molar-refractivity contribution is 5.51. The van der Waals surface area contributed by atoms with Crippen molar-refractivity contribution in [1.29, 1.82) is 0 Å². The molecule has 7 heteroatoms. The van der Waals surface area contributed by atoms with Crippen LogP contribution in [0, 0.1) is 5.92 Å². The molecule has 1 saturated carbocycles. The Morgan fingerprint density at radius 3 is 2.50 bits per heavy atom. The van der Waals surface area contributed by atoms with Crippen LogP contribution in [-0.2, 0) is 0 Å². The van der Waals surface area contributed by atoms with Crippen LogP contribution >= 0.6 is 0 Å². The molecule has 0 atom stereocenters. The maximum atomic E-state index is 4.30. The van der Waals surface area contributed by atoms with Gasteiger partial charge in [0.05, 0.1) is 5.56 Å². The lowest BCUT2D eigenvalue weighted by molar-refractivity contribution is 0.508. The van der Waals surface area contributed by atoms with Crippen LogP contribution in [0.15, 0.2) is 12.4 Å². The Kier molecular flexibility index (Phi) is 2.46. The van der Waals surface area contributed by atoms with E-state index in [4.69, 9.17) is 0 Å². The molecule has 2 N–H and O–H groups in total. The Labute approximate surface area is 104 Å². The van der Waals surface area contributed by atoms with E-state index in [-0.39, 0.29) is 5.54 Å². The third kappa shape index (κ3) is 1.92. The van der Waals surface area contributed by atoms with Crippen molar-refractivity contribution in [3.05, 3.63) is 12.4 Å². The van der Waals surface area contributed by atoms with Crippen LogP contribution in [0.1, 0.15) is 26.7 Å². The molecule has 0 unspecified atom stereocenters. The number of tetrazole rings is 1. The summed E-state index contributed by atoms with van der Waals surface area (Å²) in [7, 11) is 0. The molecule has 3 rings (SSSR count). The normalized spacial score (nSPS) is 16.8. The van der Waals surface area contributed by atoms with E-state index in [1.807, 2.05) is 0 Å². The number of nitrogens with zero attached hydrogens (tertiary/aromatic N) is 5. The third-order valence-electron chi connectivity index (χ3n) is 3.51. The summed E-state index contributed by atoms with van der Waals surface area (Å²) >= 11 is 0. The van der Waals surface area contributed by atoms with Crippen LogP contribution in [0.3, 0.4) is 0 Å². The highest BCUT2D eigenvalue weighted by Crippen LogP contribution is 2.44. The van der Waals surface area contributed by atoms with Crippen LogP contribution in [-0.4, -0.2) is 36.1 Å². The Balaban J connectivity index is 1.76. The second-order valence-electron chi connectivity index (χ2n) is 4.97. The van der Waals surface area contributed by atoms with E-state index in [9.17, 15) is 0 Å². The topological polar surface area (TPSA) is 92.3 Å². The van der Waals surface area contributed by atoms with Crippen molar-refractivity contribution < 1.29 is 0 Å². The first-order chi connectivity index (χ1) is 8.70. The summed E-state index contributed by atoms with van der Waals surface area (Å²) < 4.78 is 0. The molecule has 94 valence electrons. The molecule has 0 radical (unpaired) electrons. The second kappa shape index (κ2) is 4.01. The number of hydrogen-bond acceptors (Lipinski definition) is 6. The van der Waals surface area contributed by atoms with E-state index in [1.165, 1.54) is 12.8 Å². The van der Waals surface area contributed by atoms with Gasteiger partial charge in [-0.15, -0.1) is 10.2 Å². The van der Waals surface area contributed by atoms with Gasteiger partial charge >= 0.3 is 0 Å². The molecule has 2 heterocycles. The fourth-order valence-corrected chi connectivity index (χ4v) is 2.00. The summed E-state index contributed by atoms with van der Waals surface area (Å²) in [5.41, 5.74) is 0.942. The number of aromatic nitrogens is 6. The van der Waals surface area contributed by atoms with E-state index < -0.39 is 0 Å². The first-order valence-electron chi connectivity index (χ1n) is 6.04. The molecular weight excluding hydrogens is 230 g/mol. The van der Waals surface area contributed by atoms with E-state index in [1.54, 1.807) is 12.4 Å². The lowest BCUT2D eigenvalue weighted by Gasteiger charge is -2.21. The molecule has 0 aliphatic heterocycles. The highest BCUT2D eigenvalue weighted by Gasteiger charge is 2.45. The van der Waals surface area contributed by atoms with Gasteiger partial charge in [0, 0.05) is 17.9 Å². The summed E-state index contributed by atoms with van der Waals surface area (Å²) in [5, 5.41) is 17.1. The van der Waals surface area contributed by atoms with Crippen molar-refractivity contribution in [3.8, 4) is 11.4 Å². The van der Waals surface area contributed by atoms with Gasteiger partial charge in [-0.05, 0) is 24.0 Å². The molecule has 0 aromatic carbocycles. The SMILES string of the molecule is CC(C)C1(Nc2ncc(-c3nn[nH]n3)cn2)CC1. The van der Waals surface area contributed by atoms with Gasteiger partial charge in [-0.25, -0.2) is 9.97 Å². The number of H-pyrrole nitrogens is 1. The van der Waals surface area contributed by atoms with Gasteiger partial charge in [-0.3, -0.25) is 0 Å². The summed E-state index contributed by atoms with van der Waals surface area (Å²) in [5.74, 6) is 1.75. The summed E-state index contributed by atoms with van der Waals surface area (Å²) in [4.78, 5) is 8.60. The molecule has 2 aromatic rings. The minimum atomic E-state index is 0.188. The molecule has 0 saturated heterocycles. The molecule has 1 aliphatic rings. The molecule has 7 nitrogen and oxygen atoms in total. The molecule has 2 aromatic heterocycles. The minimum absolute atomic E-state index is 0.188. The predicted octanol–water partition coefficient (Wildman–Crippen LogP) is 1.26. The van der Waals surface area contributed by atoms with Crippen molar-refractivity contribution in [1.82, 2.24) is 30.6 Å². The van der Waals surface area contributed by atoms with Crippen molar-refractivity contribution in [3.63, 3.8) is 0 Å². The van der Waals surface area contributed by atoms with Crippen LogP contribution in [0.5, 0.6) is 0 Å². The van der Waals surface area contributed by atoms with E-state index >= 15 is 0 Å². The largest absolute Gasteiger partial charge is 0.349 e. The first kappa shape index (κ1) is 11.1. The summed E-state index contributed by atoms with van der Waals surface area (Å²) in [6.07, 6.45) is 5.77. The van der Waals surface area contributed by atoms with Gasteiger partial charge in [0.25, 0.3) is 0 Å². The van der Waals surface area contributed by atoms with Crippen molar-refractivity contribution in [2.24, 2.45) is 5.92 Å². The molecule has 1 fully saturated rings. The van der Waals surface area contributed by atoms with E-state index in [0.717, 1.165) is 5.56 Å². The number of anilines is 1. The second-order valence-corrected chi connectivity index (χ2v) is 4.97. The van der Waals surface area contributed by atoms with Crippen LogP contribution in [0.4, 0.5) is 5.95 Å². The number of aromatic amines is 1. The fraction of sp³-hybridized carbons (Fsp3) is 0.545. The fourth-order valence-electron chi connectivity index (χ4n) is 2.00. The molecule has 1 aliphatic carbocycles. The molecule has 0 spiro atoms. The maximum Gasteiger partial charge on any atom is 0.223 e. The molecular formula is C11H15N7.